The van der Waals surface area contributed by atoms with Gasteiger partial charge in [0, 0.05) is 34.2 Å². The lowest BCUT2D eigenvalue weighted by atomic mass is 10.2. The van der Waals surface area contributed by atoms with Crippen LogP contribution in [0.15, 0.2) is 28.7 Å². The van der Waals surface area contributed by atoms with Gasteiger partial charge in [-0.25, -0.2) is 0 Å². The van der Waals surface area contributed by atoms with Gasteiger partial charge in [-0.05, 0) is 35.8 Å². The van der Waals surface area contributed by atoms with Crippen molar-refractivity contribution in [1.29, 1.82) is 0 Å². The Morgan fingerprint density at radius 3 is 2.95 bits per heavy atom. The van der Waals surface area contributed by atoms with Crippen molar-refractivity contribution in [2.75, 3.05) is 19.7 Å². The van der Waals surface area contributed by atoms with Crippen LogP contribution < -0.4 is 0 Å². The molecule has 1 atom stereocenters. The molecule has 0 aliphatic carbocycles. The third-order valence-electron chi connectivity index (χ3n) is 4.04. The Kier molecular flexibility index (Phi) is 4.04. The Morgan fingerprint density at radius 2 is 2.19 bits per heavy atom. The highest BCUT2D eigenvalue weighted by Crippen LogP contribution is 2.30. The minimum absolute atomic E-state index is 0.122. The number of ether oxygens (including phenoxy) is 1. The van der Waals surface area contributed by atoms with Gasteiger partial charge in [0.05, 0.1) is 12.7 Å². The van der Waals surface area contributed by atoms with Crippen LogP contribution in [0, 0.1) is 6.92 Å². The predicted molar refractivity (Wildman–Crippen MR) is 86.4 cm³/mol. The molecule has 3 rings (SSSR count). The van der Waals surface area contributed by atoms with Gasteiger partial charge >= 0.3 is 0 Å². The molecule has 0 N–H and O–H groups in total. The second-order valence-electron chi connectivity index (χ2n) is 5.52. The fourth-order valence-electron chi connectivity index (χ4n) is 2.87. The molecule has 2 heterocycles. The first-order valence-corrected chi connectivity index (χ1v) is 8.00. The van der Waals surface area contributed by atoms with Crippen molar-refractivity contribution >= 4 is 32.7 Å². The summed E-state index contributed by atoms with van der Waals surface area (Å²) in [4.78, 5) is 14.5. The summed E-state index contributed by atoms with van der Waals surface area (Å²) < 4.78 is 8.65. The second-order valence-corrected chi connectivity index (χ2v) is 6.32. The molecule has 1 saturated heterocycles. The van der Waals surface area contributed by atoms with Gasteiger partial charge in [0.1, 0.15) is 6.54 Å². The molecule has 0 radical (unpaired) electrons. The summed E-state index contributed by atoms with van der Waals surface area (Å²) in [6.45, 7) is 6.42. The van der Waals surface area contributed by atoms with E-state index in [0.29, 0.717) is 26.2 Å². The molecule has 2 aromatic rings. The number of morpholine rings is 1. The van der Waals surface area contributed by atoms with Gasteiger partial charge in [0.2, 0.25) is 5.91 Å². The van der Waals surface area contributed by atoms with E-state index in [1.807, 2.05) is 30.9 Å². The normalized spacial score (nSPS) is 19.2. The largest absolute Gasteiger partial charge is 0.375 e. The maximum absolute atomic E-state index is 12.6. The van der Waals surface area contributed by atoms with Gasteiger partial charge in [0.25, 0.3) is 0 Å². The first-order chi connectivity index (χ1) is 10.1. The number of carbonyl (C=O) groups is 1. The van der Waals surface area contributed by atoms with Crippen LogP contribution in [0.1, 0.15) is 12.6 Å². The monoisotopic (exact) mass is 350 g/mol. The number of nitrogens with zero attached hydrogens (tertiary/aromatic N) is 2. The first kappa shape index (κ1) is 14.6. The molecule has 1 amide bonds. The SMILES string of the molecule is Cc1c(Br)c2ccccc2n1CC(=O)N1CCO[C@H](C)C1. The number of hydrogen-bond donors (Lipinski definition) is 0. The number of fused-ring (bicyclic) bond motifs is 1. The number of halogens is 1. The standard InChI is InChI=1S/C16H19BrN2O2/c1-11-9-18(7-8-21-11)15(20)10-19-12(2)16(17)13-5-3-4-6-14(13)19/h3-6,11H,7-10H2,1-2H3/t11-/m1/s1. The number of amides is 1. The average molecular weight is 351 g/mol. The lowest BCUT2D eigenvalue weighted by Gasteiger charge is -2.31. The van der Waals surface area contributed by atoms with Crippen molar-refractivity contribution in [1.82, 2.24) is 9.47 Å². The zero-order valence-electron chi connectivity index (χ0n) is 12.3. The molecule has 0 saturated carbocycles. The van der Waals surface area contributed by atoms with E-state index in [2.05, 4.69) is 32.6 Å². The number of carbonyl (C=O) groups excluding carboxylic acids is 1. The van der Waals surface area contributed by atoms with Crippen LogP contribution in [0.4, 0.5) is 0 Å². The highest BCUT2D eigenvalue weighted by molar-refractivity contribution is 9.10. The van der Waals surface area contributed by atoms with Crippen molar-refractivity contribution in [3.05, 3.63) is 34.4 Å². The Bertz CT molecular complexity index is 680. The molecule has 4 nitrogen and oxygen atoms in total. The molecule has 0 spiro atoms. The van der Waals surface area contributed by atoms with E-state index in [9.17, 15) is 4.79 Å². The minimum Gasteiger partial charge on any atom is -0.375 e. The maximum Gasteiger partial charge on any atom is 0.242 e. The average Bonchev–Trinajstić information content (AvgIpc) is 2.73. The van der Waals surface area contributed by atoms with E-state index in [-0.39, 0.29) is 12.0 Å². The summed E-state index contributed by atoms with van der Waals surface area (Å²) in [5, 5.41) is 1.15. The van der Waals surface area contributed by atoms with Gasteiger partial charge in [0.15, 0.2) is 0 Å². The molecular formula is C16H19BrN2O2. The zero-order chi connectivity index (χ0) is 15.0. The van der Waals surface area contributed by atoms with Crippen LogP contribution in [0.5, 0.6) is 0 Å². The van der Waals surface area contributed by atoms with E-state index < -0.39 is 0 Å². The van der Waals surface area contributed by atoms with Crippen molar-refractivity contribution in [3.63, 3.8) is 0 Å². The molecule has 1 aliphatic heterocycles. The lowest BCUT2D eigenvalue weighted by Crippen LogP contribution is -2.45. The summed E-state index contributed by atoms with van der Waals surface area (Å²) in [5.41, 5.74) is 2.18. The molecular weight excluding hydrogens is 332 g/mol. The minimum atomic E-state index is 0.122. The summed E-state index contributed by atoms with van der Waals surface area (Å²) in [5.74, 6) is 0.154. The molecule has 5 heteroatoms. The zero-order valence-corrected chi connectivity index (χ0v) is 13.9. The highest BCUT2D eigenvalue weighted by atomic mass is 79.9. The van der Waals surface area contributed by atoms with E-state index in [1.165, 1.54) is 0 Å². The fraction of sp³-hybridized carbons (Fsp3) is 0.438. The molecule has 0 bridgehead atoms. The van der Waals surface area contributed by atoms with Gasteiger partial charge < -0.3 is 14.2 Å². The van der Waals surface area contributed by atoms with Crippen molar-refractivity contribution in [2.45, 2.75) is 26.5 Å². The molecule has 1 aromatic carbocycles. The number of hydrogen-bond acceptors (Lipinski definition) is 2. The quantitative estimate of drug-likeness (QED) is 0.834. The predicted octanol–water partition coefficient (Wildman–Crippen LogP) is 2.96. The number of aromatic nitrogens is 1. The highest BCUT2D eigenvalue weighted by Gasteiger charge is 2.23. The second kappa shape index (κ2) is 5.81. The molecule has 0 unspecified atom stereocenters. The smallest absolute Gasteiger partial charge is 0.242 e. The maximum atomic E-state index is 12.6. The van der Waals surface area contributed by atoms with E-state index in [1.54, 1.807) is 0 Å². The summed E-state index contributed by atoms with van der Waals surface area (Å²) >= 11 is 3.63. The Balaban J connectivity index is 1.88. The van der Waals surface area contributed by atoms with Crippen LogP contribution in [-0.4, -0.2) is 41.2 Å². The van der Waals surface area contributed by atoms with Gasteiger partial charge in [-0.1, -0.05) is 18.2 Å². The van der Waals surface area contributed by atoms with Gasteiger partial charge in [-0.2, -0.15) is 0 Å². The molecule has 1 aromatic heterocycles. The first-order valence-electron chi connectivity index (χ1n) is 7.20. The number of rotatable bonds is 2. The third kappa shape index (κ3) is 2.72. The van der Waals surface area contributed by atoms with Crippen molar-refractivity contribution in [3.8, 4) is 0 Å². The molecule has 112 valence electrons. The summed E-state index contributed by atoms with van der Waals surface area (Å²) in [6, 6.07) is 8.15. The number of para-hydroxylation sites is 1. The Labute approximate surface area is 132 Å². The topological polar surface area (TPSA) is 34.5 Å². The van der Waals surface area contributed by atoms with E-state index >= 15 is 0 Å². The van der Waals surface area contributed by atoms with Crippen LogP contribution in [0.3, 0.4) is 0 Å². The fourth-order valence-corrected chi connectivity index (χ4v) is 3.42. The summed E-state index contributed by atoms with van der Waals surface area (Å²) in [7, 11) is 0. The van der Waals surface area contributed by atoms with E-state index in [4.69, 9.17) is 4.74 Å². The molecule has 1 aliphatic rings. The lowest BCUT2D eigenvalue weighted by molar-refractivity contribution is -0.138. The molecule has 1 fully saturated rings. The van der Waals surface area contributed by atoms with Crippen molar-refractivity contribution < 1.29 is 9.53 Å². The van der Waals surface area contributed by atoms with Crippen LogP contribution in [-0.2, 0) is 16.1 Å². The van der Waals surface area contributed by atoms with Crippen LogP contribution in [0.2, 0.25) is 0 Å². The van der Waals surface area contributed by atoms with Crippen molar-refractivity contribution in [2.24, 2.45) is 0 Å². The molecule has 21 heavy (non-hydrogen) atoms. The van der Waals surface area contributed by atoms with Crippen LogP contribution >= 0.6 is 15.9 Å². The van der Waals surface area contributed by atoms with E-state index in [0.717, 1.165) is 21.1 Å². The van der Waals surface area contributed by atoms with Gasteiger partial charge in [-0.3, -0.25) is 4.79 Å². The third-order valence-corrected chi connectivity index (χ3v) is 5.04. The Morgan fingerprint density at radius 1 is 1.43 bits per heavy atom. The summed E-state index contributed by atoms with van der Waals surface area (Å²) in [6.07, 6.45) is 0.122. The Hall–Kier alpha value is -1.33. The van der Waals surface area contributed by atoms with Gasteiger partial charge in [-0.15, -0.1) is 0 Å². The number of benzene rings is 1. The van der Waals surface area contributed by atoms with Crippen LogP contribution in [0.25, 0.3) is 10.9 Å².